The molecule has 33 heavy (non-hydrogen) atoms. The molecule has 2 bridgehead atoms. The van der Waals surface area contributed by atoms with Crippen LogP contribution in [0.3, 0.4) is 0 Å². The van der Waals surface area contributed by atoms with Crippen LogP contribution in [0.1, 0.15) is 36.1 Å². The number of esters is 2. The van der Waals surface area contributed by atoms with E-state index >= 15 is 0 Å². The first-order valence-electron chi connectivity index (χ1n) is 11.2. The second-order valence-electron chi connectivity index (χ2n) is 8.09. The van der Waals surface area contributed by atoms with Crippen LogP contribution in [0.25, 0.3) is 0 Å². The van der Waals surface area contributed by atoms with E-state index in [2.05, 4.69) is 5.32 Å². The largest absolute Gasteiger partial charge is 0.463 e. The number of carbonyl (C=O) groups excluding carboxylic acids is 2. The number of nitrogens with one attached hydrogen (secondary N) is 1. The summed E-state index contributed by atoms with van der Waals surface area (Å²) < 4.78 is 11.1. The Balaban J connectivity index is 1.94. The highest BCUT2D eigenvalue weighted by Crippen LogP contribution is 2.61. The number of carbonyl (C=O) groups is 2. The van der Waals surface area contributed by atoms with Crippen LogP contribution in [0, 0.1) is 0 Å². The molecule has 2 aliphatic heterocycles. The molecule has 0 fully saturated rings. The number of hydrogen-bond donors (Lipinski definition) is 1. The van der Waals surface area contributed by atoms with Crippen molar-refractivity contribution in [1.82, 2.24) is 5.32 Å². The topological polar surface area (TPSA) is 64.6 Å². The van der Waals surface area contributed by atoms with E-state index in [1.165, 1.54) is 0 Å². The number of hydrogen-bond acceptors (Lipinski definition) is 5. The maximum atomic E-state index is 13.6. The van der Waals surface area contributed by atoms with E-state index in [1.807, 2.05) is 84.9 Å². The van der Waals surface area contributed by atoms with Crippen molar-refractivity contribution in [3.8, 4) is 0 Å². The lowest BCUT2D eigenvalue weighted by Crippen LogP contribution is -2.45. The Hall–Kier alpha value is -3.70. The van der Waals surface area contributed by atoms with Gasteiger partial charge in [-0.25, -0.2) is 9.59 Å². The molecule has 3 aromatic rings. The summed E-state index contributed by atoms with van der Waals surface area (Å²) in [6.07, 6.45) is 0. The molecule has 5 nitrogen and oxygen atoms in total. The third-order valence-electron chi connectivity index (χ3n) is 6.48. The van der Waals surface area contributed by atoms with Gasteiger partial charge in [0, 0.05) is 0 Å². The Bertz CT molecular complexity index is 1150. The van der Waals surface area contributed by atoms with Crippen molar-refractivity contribution >= 4 is 11.9 Å². The Kier molecular flexibility index (Phi) is 5.14. The van der Waals surface area contributed by atoms with Crippen molar-refractivity contribution in [2.45, 2.75) is 24.9 Å². The quantitative estimate of drug-likeness (QED) is 0.583. The van der Waals surface area contributed by atoms with Crippen molar-refractivity contribution in [2.24, 2.45) is 0 Å². The molecule has 2 heterocycles. The van der Waals surface area contributed by atoms with Crippen LogP contribution in [0.15, 0.2) is 96.1 Å². The second kappa shape index (κ2) is 8.01. The minimum absolute atomic E-state index is 0.198. The summed E-state index contributed by atoms with van der Waals surface area (Å²) in [6.45, 7) is 3.92. The van der Waals surface area contributed by atoms with Crippen LogP contribution in [0.2, 0.25) is 0 Å². The lowest BCUT2D eigenvalue weighted by molar-refractivity contribution is -0.142. The maximum Gasteiger partial charge on any atom is 0.337 e. The molecule has 0 spiro atoms. The standard InChI is InChI=1S/C28H25NO4/c1-3-32-25(30)23-24(26(31)33-4-2)28(20-15-9-6-10-16-20)22-18-12-11-17-21(22)27(23,29-28)19-13-7-5-8-14-19/h5-18,29H,3-4H2,1-2H3/t27-,28-/m0/s1. The van der Waals surface area contributed by atoms with Gasteiger partial charge in [-0.3, -0.25) is 5.32 Å². The molecule has 3 aromatic carbocycles. The normalized spacial score (nSPS) is 22.7. The number of benzene rings is 3. The minimum atomic E-state index is -1.05. The molecule has 166 valence electrons. The van der Waals surface area contributed by atoms with Gasteiger partial charge >= 0.3 is 11.9 Å². The maximum absolute atomic E-state index is 13.6. The van der Waals surface area contributed by atoms with Crippen LogP contribution in [0.4, 0.5) is 0 Å². The fourth-order valence-corrected chi connectivity index (χ4v) is 5.36. The SMILES string of the molecule is CCOC(=O)C1=C(C(=O)OCC)[C@@]2(c3ccccc3)N[C@@]1(c1ccccc1)c1ccccc12. The Labute approximate surface area is 193 Å². The average molecular weight is 440 g/mol. The summed E-state index contributed by atoms with van der Waals surface area (Å²) in [5.41, 5.74) is 2.04. The van der Waals surface area contributed by atoms with Gasteiger partial charge in [0.1, 0.15) is 11.1 Å². The third kappa shape index (κ3) is 2.82. The fourth-order valence-electron chi connectivity index (χ4n) is 5.36. The first kappa shape index (κ1) is 21.2. The molecule has 0 aliphatic carbocycles. The zero-order valence-corrected chi connectivity index (χ0v) is 18.6. The smallest absolute Gasteiger partial charge is 0.337 e. The van der Waals surface area contributed by atoms with Gasteiger partial charge < -0.3 is 9.47 Å². The van der Waals surface area contributed by atoms with E-state index in [0.717, 1.165) is 22.3 Å². The first-order chi connectivity index (χ1) is 16.1. The number of ether oxygens (including phenoxy) is 2. The lowest BCUT2D eigenvalue weighted by Gasteiger charge is -2.32. The highest BCUT2D eigenvalue weighted by atomic mass is 16.5. The summed E-state index contributed by atoms with van der Waals surface area (Å²) in [6, 6.07) is 27.4. The number of fused-ring (bicyclic) bond motifs is 5. The predicted molar refractivity (Wildman–Crippen MR) is 124 cm³/mol. The van der Waals surface area contributed by atoms with Gasteiger partial charge in [0.25, 0.3) is 0 Å². The van der Waals surface area contributed by atoms with Gasteiger partial charge in [-0.2, -0.15) is 0 Å². The molecule has 1 N–H and O–H groups in total. The predicted octanol–water partition coefficient (Wildman–Crippen LogP) is 4.21. The Morgan fingerprint density at radius 2 is 1.00 bits per heavy atom. The number of rotatable bonds is 6. The van der Waals surface area contributed by atoms with Crippen LogP contribution in [-0.4, -0.2) is 25.2 Å². The highest BCUT2D eigenvalue weighted by molar-refractivity contribution is 6.08. The van der Waals surface area contributed by atoms with Crippen LogP contribution in [-0.2, 0) is 30.1 Å². The molecular formula is C28H25NO4. The summed E-state index contributed by atoms with van der Waals surface area (Å²) in [7, 11) is 0. The molecule has 2 aliphatic rings. The fraction of sp³-hybridized carbons (Fsp3) is 0.214. The highest BCUT2D eigenvalue weighted by Gasteiger charge is 2.67. The molecule has 5 heteroatoms. The molecule has 5 rings (SSSR count). The lowest BCUT2D eigenvalue weighted by atomic mass is 9.68. The van der Waals surface area contributed by atoms with Crippen LogP contribution < -0.4 is 5.32 Å². The molecule has 2 atom stereocenters. The Morgan fingerprint density at radius 1 is 0.636 bits per heavy atom. The molecular weight excluding hydrogens is 414 g/mol. The Morgan fingerprint density at radius 3 is 1.36 bits per heavy atom. The van der Waals surface area contributed by atoms with Gasteiger partial charge in [0.15, 0.2) is 0 Å². The molecule has 0 aromatic heterocycles. The molecule has 0 unspecified atom stereocenters. The van der Waals surface area contributed by atoms with Gasteiger partial charge in [-0.15, -0.1) is 0 Å². The second-order valence-corrected chi connectivity index (χ2v) is 8.09. The first-order valence-corrected chi connectivity index (χ1v) is 11.2. The van der Waals surface area contributed by atoms with Gasteiger partial charge in [0.2, 0.25) is 0 Å². The third-order valence-corrected chi connectivity index (χ3v) is 6.48. The van der Waals surface area contributed by atoms with Crippen LogP contribution in [0.5, 0.6) is 0 Å². The summed E-state index contributed by atoms with van der Waals surface area (Å²) in [4.78, 5) is 27.2. The van der Waals surface area contributed by atoms with E-state index in [4.69, 9.17) is 9.47 Å². The average Bonchev–Trinajstić information content (AvgIpc) is 3.35. The van der Waals surface area contributed by atoms with Gasteiger partial charge in [0.05, 0.1) is 24.4 Å². The van der Waals surface area contributed by atoms with E-state index < -0.39 is 23.0 Å². The van der Waals surface area contributed by atoms with Crippen molar-refractivity contribution in [3.05, 3.63) is 118 Å². The monoisotopic (exact) mass is 439 g/mol. The van der Waals surface area contributed by atoms with E-state index in [-0.39, 0.29) is 24.4 Å². The van der Waals surface area contributed by atoms with E-state index in [0.29, 0.717) is 0 Å². The van der Waals surface area contributed by atoms with Gasteiger partial charge in [-0.05, 0) is 36.1 Å². The minimum Gasteiger partial charge on any atom is -0.463 e. The van der Waals surface area contributed by atoms with Gasteiger partial charge in [-0.1, -0.05) is 84.9 Å². The van der Waals surface area contributed by atoms with E-state index in [9.17, 15) is 9.59 Å². The summed E-state index contributed by atoms with van der Waals surface area (Å²) in [5, 5.41) is 3.76. The molecule has 0 amide bonds. The zero-order chi connectivity index (χ0) is 23.1. The summed E-state index contributed by atoms with van der Waals surface area (Å²) in [5.74, 6) is -1.05. The van der Waals surface area contributed by atoms with Crippen molar-refractivity contribution in [2.75, 3.05) is 13.2 Å². The summed E-state index contributed by atoms with van der Waals surface area (Å²) >= 11 is 0. The van der Waals surface area contributed by atoms with E-state index in [1.54, 1.807) is 13.8 Å². The molecule has 0 radical (unpaired) electrons. The van der Waals surface area contributed by atoms with Crippen molar-refractivity contribution in [3.63, 3.8) is 0 Å². The van der Waals surface area contributed by atoms with Crippen molar-refractivity contribution in [1.29, 1.82) is 0 Å². The zero-order valence-electron chi connectivity index (χ0n) is 18.6. The molecule has 0 saturated carbocycles. The van der Waals surface area contributed by atoms with Crippen molar-refractivity contribution < 1.29 is 19.1 Å². The van der Waals surface area contributed by atoms with Crippen LogP contribution >= 0.6 is 0 Å². The molecule has 0 saturated heterocycles.